The van der Waals surface area contributed by atoms with E-state index in [4.69, 9.17) is 4.74 Å². The van der Waals surface area contributed by atoms with Gasteiger partial charge in [-0.25, -0.2) is 4.79 Å². The highest BCUT2D eigenvalue weighted by Crippen LogP contribution is 2.34. The largest absolute Gasteiger partial charge is 0.444 e. The van der Waals surface area contributed by atoms with E-state index in [1.54, 1.807) is 16.2 Å². The van der Waals surface area contributed by atoms with Crippen LogP contribution in [0.25, 0.3) is 0 Å². The molecule has 2 rings (SSSR count). The van der Waals surface area contributed by atoms with Gasteiger partial charge in [-0.3, -0.25) is 4.90 Å². The van der Waals surface area contributed by atoms with Crippen molar-refractivity contribution < 1.29 is 14.6 Å². The number of thiophene rings is 1. The number of carbonyl (C=O) groups is 1. The van der Waals surface area contributed by atoms with Gasteiger partial charge < -0.3 is 9.84 Å². The molecule has 0 aromatic carbocycles. The molecule has 2 atom stereocenters. The number of nitrogens with zero attached hydrogens (tertiary/aromatic N) is 1. The van der Waals surface area contributed by atoms with Crippen molar-refractivity contribution in [3.8, 4) is 0 Å². The minimum atomic E-state index is -0.514. The average Bonchev–Trinajstić information content (AvgIpc) is 2.79. The molecule has 1 amide bonds. The molecule has 5 heteroatoms. The molecule has 1 aromatic heterocycles. The molecule has 2 heterocycles. The summed E-state index contributed by atoms with van der Waals surface area (Å²) in [4.78, 5) is 14.9. The van der Waals surface area contributed by atoms with E-state index in [1.165, 1.54) is 0 Å². The van der Waals surface area contributed by atoms with E-state index < -0.39 is 11.7 Å². The molecule has 1 fully saturated rings. The fourth-order valence-corrected chi connectivity index (χ4v) is 3.20. The van der Waals surface area contributed by atoms with Gasteiger partial charge in [0.1, 0.15) is 5.60 Å². The third kappa shape index (κ3) is 3.48. The van der Waals surface area contributed by atoms with Crippen molar-refractivity contribution in [3.05, 3.63) is 22.4 Å². The monoisotopic (exact) mass is 283 g/mol. The van der Waals surface area contributed by atoms with Crippen LogP contribution in [0.4, 0.5) is 4.79 Å². The summed E-state index contributed by atoms with van der Waals surface area (Å²) in [6, 6.07) is 3.62. The second-order valence-corrected chi connectivity index (χ2v) is 6.82. The quantitative estimate of drug-likeness (QED) is 0.861. The zero-order valence-electron chi connectivity index (χ0n) is 11.6. The first-order valence-corrected chi connectivity index (χ1v) is 7.47. The molecular formula is C14H21NO3S. The van der Waals surface area contributed by atoms with Gasteiger partial charge in [-0.2, -0.15) is 0 Å². The van der Waals surface area contributed by atoms with E-state index in [9.17, 15) is 9.90 Å². The van der Waals surface area contributed by atoms with E-state index in [1.807, 2.05) is 38.3 Å². The maximum Gasteiger partial charge on any atom is 0.410 e. The Morgan fingerprint density at radius 2 is 2.26 bits per heavy atom. The Morgan fingerprint density at radius 3 is 2.84 bits per heavy atom. The van der Waals surface area contributed by atoms with E-state index in [2.05, 4.69) is 0 Å². The van der Waals surface area contributed by atoms with E-state index in [0.29, 0.717) is 6.54 Å². The number of likely N-dealkylation sites (tertiary alicyclic amines) is 1. The number of rotatable bonds is 1. The van der Waals surface area contributed by atoms with Crippen LogP contribution in [0.3, 0.4) is 0 Å². The van der Waals surface area contributed by atoms with Crippen LogP contribution in [0.2, 0.25) is 0 Å². The second-order valence-electron chi connectivity index (χ2n) is 5.84. The number of carbonyl (C=O) groups excluding carboxylic acids is 1. The van der Waals surface area contributed by atoms with Crippen molar-refractivity contribution in [3.63, 3.8) is 0 Å². The van der Waals surface area contributed by atoms with Gasteiger partial charge in [-0.05, 0) is 45.1 Å². The molecule has 1 N–H and O–H groups in total. The summed E-state index contributed by atoms with van der Waals surface area (Å²) in [5.41, 5.74) is -0.514. The summed E-state index contributed by atoms with van der Waals surface area (Å²) in [7, 11) is 0. The average molecular weight is 283 g/mol. The molecule has 0 spiro atoms. The van der Waals surface area contributed by atoms with E-state index in [-0.39, 0.29) is 12.1 Å². The highest BCUT2D eigenvalue weighted by atomic mass is 32.1. The van der Waals surface area contributed by atoms with Gasteiger partial charge >= 0.3 is 6.09 Å². The fraction of sp³-hybridized carbons (Fsp3) is 0.643. The van der Waals surface area contributed by atoms with Crippen LogP contribution < -0.4 is 0 Å². The minimum absolute atomic E-state index is 0.274. The van der Waals surface area contributed by atoms with E-state index in [0.717, 1.165) is 17.7 Å². The molecule has 0 saturated carbocycles. The summed E-state index contributed by atoms with van der Waals surface area (Å²) in [6.07, 6.45) is 0.675. The van der Waals surface area contributed by atoms with Gasteiger partial charge in [-0.15, -0.1) is 11.3 Å². The summed E-state index contributed by atoms with van der Waals surface area (Å²) in [6.45, 7) is 6.19. The lowest BCUT2D eigenvalue weighted by atomic mass is 9.98. The normalized spacial score (nSPS) is 24.3. The lowest BCUT2D eigenvalue weighted by molar-refractivity contribution is -0.0229. The first-order valence-electron chi connectivity index (χ1n) is 6.59. The highest BCUT2D eigenvalue weighted by Gasteiger charge is 2.37. The van der Waals surface area contributed by atoms with E-state index >= 15 is 0 Å². The van der Waals surface area contributed by atoms with Crippen molar-refractivity contribution >= 4 is 17.4 Å². The smallest absolute Gasteiger partial charge is 0.410 e. The minimum Gasteiger partial charge on any atom is -0.444 e. The Bertz CT molecular complexity index is 424. The molecule has 0 unspecified atom stereocenters. The Kier molecular flexibility index (Phi) is 4.16. The summed E-state index contributed by atoms with van der Waals surface area (Å²) in [5.74, 6) is 0. The number of ether oxygens (including phenoxy) is 1. The Balaban J connectivity index is 2.19. The number of hydrogen-bond acceptors (Lipinski definition) is 4. The highest BCUT2D eigenvalue weighted by molar-refractivity contribution is 7.10. The lowest BCUT2D eigenvalue weighted by Gasteiger charge is -2.39. The number of aliphatic hydroxyl groups is 1. The van der Waals surface area contributed by atoms with Crippen LogP contribution in [0.1, 0.15) is 44.5 Å². The van der Waals surface area contributed by atoms with Crippen LogP contribution >= 0.6 is 11.3 Å². The first kappa shape index (κ1) is 14.3. The van der Waals surface area contributed by atoms with Gasteiger partial charge in [0.25, 0.3) is 0 Å². The Morgan fingerprint density at radius 1 is 1.53 bits per heavy atom. The second kappa shape index (κ2) is 5.51. The summed E-state index contributed by atoms with van der Waals surface area (Å²) < 4.78 is 5.43. The molecule has 106 valence electrons. The molecule has 0 aliphatic carbocycles. The summed E-state index contributed by atoms with van der Waals surface area (Å²) >= 11 is 1.56. The zero-order chi connectivity index (χ0) is 14.0. The zero-order valence-corrected chi connectivity index (χ0v) is 12.4. The molecule has 1 aliphatic rings. The van der Waals surface area contributed by atoms with Gasteiger partial charge in [0.05, 0.1) is 12.1 Å². The topological polar surface area (TPSA) is 49.8 Å². The van der Waals surface area contributed by atoms with Gasteiger partial charge in [0.15, 0.2) is 0 Å². The van der Waals surface area contributed by atoms with Crippen LogP contribution in [0, 0.1) is 0 Å². The Labute approximate surface area is 118 Å². The summed E-state index contributed by atoms with van der Waals surface area (Å²) in [5, 5.41) is 12.2. The Hall–Kier alpha value is -1.07. The molecule has 0 radical (unpaired) electrons. The molecule has 1 saturated heterocycles. The van der Waals surface area contributed by atoms with Crippen molar-refractivity contribution in [2.75, 3.05) is 6.54 Å². The third-order valence-electron chi connectivity index (χ3n) is 3.06. The SMILES string of the molecule is CC(C)(C)OC(=O)N1CCC[C@@H](O)[C@H]1c1cccs1. The first-order chi connectivity index (χ1) is 8.88. The lowest BCUT2D eigenvalue weighted by Crippen LogP contribution is -2.46. The van der Waals surface area contributed by atoms with Crippen LogP contribution in [0.5, 0.6) is 0 Å². The maximum absolute atomic E-state index is 12.3. The molecule has 4 nitrogen and oxygen atoms in total. The molecule has 0 bridgehead atoms. The van der Waals surface area contributed by atoms with Crippen LogP contribution in [-0.4, -0.2) is 34.3 Å². The number of amides is 1. The molecule has 1 aliphatic heterocycles. The van der Waals surface area contributed by atoms with Crippen molar-refractivity contribution in [2.45, 2.75) is 51.4 Å². The number of piperidine rings is 1. The van der Waals surface area contributed by atoms with Crippen molar-refractivity contribution in [1.29, 1.82) is 0 Å². The molecule has 19 heavy (non-hydrogen) atoms. The third-order valence-corrected chi connectivity index (χ3v) is 4.00. The van der Waals surface area contributed by atoms with Crippen molar-refractivity contribution in [2.24, 2.45) is 0 Å². The maximum atomic E-state index is 12.3. The standard InChI is InChI=1S/C14H21NO3S/c1-14(2,3)18-13(17)15-8-4-6-10(16)12(15)11-7-5-9-19-11/h5,7,9-10,12,16H,4,6,8H2,1-3H3/t10-,12+/m1/s1. The van der Waals surface area contributed by atoms with Crippen LogP contribution in [-0.2, 0) is 4.74 Å². The predicted octanol–water partition coefficient (Wildman–Crippen LogP) is 3.18. The predicted molar refractivity (Wildman–Crippen MR) is 75.2 cm³/mol. The number of aliphatic hydroxyl groups excluding tert-OH is 1. The molecule has 1 aromatic rings. The van der Waals surface area contributed by atoms with Gasteiger partial charge in [-0.1, -0.05) is 6.07 Å². The van der Waals surface area contributed by atoms with Crippen molar-refractivity contribution in [1.82, 2.24) is 4.90 Å². The van der Waals surface area contributed by atoms with Gasteiger partial charge in [0, 0.05) is 11.4 Å². The van der Waals surface area contributed by atoms with Crippen LogP contribution in [0.15, 0.2) is 17.5 Å². The molecular weight excluding hydrogens is 262 g/mol. The van der Waals surface area contributed by atoms with Gasteiger partial charge in [0.2, 0.25) is 0 Å². The fourth-order valence-electron chi connectivity index (χ4n) is 2.30. The number of hydrogen-bond donors (Lipinski definition) is 1.